The number of hydrogen-bond acceptors (Lipinski definition) is 8. The number of phenols is 1. The third-order valence-corrected chi connectivity index (χ3v) is 4.90. The molecule has 12 heteroatoms. The number of carboxylic acids is 1. The van der Waals surface area contributed by atoms with Crippen LogP contribution in [0.4, 0.5) is 0 Å². The molecule has 0 saturated heterocycles. The van der Waals surface area contributed by atoms with Crippen molar-refractivity contribution in [3.05, 3.63) is 29.8 Å². The molecule has 172 valence electrons. The molecule has 0 aromatic heterocycles. The summed E-state index contributed by atoms with van der Waals surface area (Å²) in [5.74, 6) is -2.85. The van der Waals surface area contributed by atoms with Gasteiger partial charge in [0.15, 0.2) is 0 Å². The van der Waals surface area contributed by atoms with E-state index in [4.69, 9.17) is 15.9 Å². The van der Waals surface area contributed by atoms with Gasteiger partial charge in [0, 0.05) is 6.42 Å². The van der Waals surface area contributed by atoms with Crippen LogP contribution in [0, 0.1) is 0 Å². The summed E-state index contributed by atoms with van der Waals surface area (Å²) in [6.07, 6.45) is 2.11. The third-order valence-electron chi connectivity index (χ3n) is 4.25. The van der Waals surface area contributed by atoms with E-state index in [0.717, 1.165) is 0 Å². The minimum absolute atomic E-state index is 0.0154. The molecule has 0 aliphatic rings. The number of thioether (sulfide) groups is 1. The van der Waals surface area contributed by atoms with Gasteiger partial charge in [0.25, 0.3) is 0 Å². The molecule has 0 saturated carbocycles. The second-order valence-corrected chi connectivity index (χ2v) is 7.61. The number of nitrogens with two attached hydrogens (primary N) is 1. The van der Waals surface area contributed by atoms with Crippen LogP contribution < -0.4 is 21.7 Å². The lowest BCUT2D eigenvalue weighted by Gasteiger charge is -2.24. The van der Waals surface area contributed by atoms with Gasteiger partial charge >= 0.3 is 5.97 Å². The molecule has 3 amide bonds. The maximum atomic E-state index is 12.8. The molecule has 0 bridgehead atoms. The molecule has 0 fully saturated rings. The van der Waals surface area contributed by atoms with Gasteiger partial charge in [-0.1, -0.05) is 12.1 Å². The van der Waals surface area contributed by atoms with Crippen LogP contribution in [0.25, 0.3) is 0 Å². The van der Waals surface area contributed by atoms with Crippen LogP contribution >= 0.6 is 11.8 Å². The highest BCUT2D eigenvalue weighted by molar-refractivity contribution is 7.98. The van der Waals surface area contributed by atoms with E-state index in [1.54, 1.807) is 12.1 Å². The molecule has 31 heavy (non-hydrogen) atoms. The fraction of sp³-hybridized carbons (Fsp3) is 0.474. The summed E-state index contributed by atoms with van der Waals surface area (Å²) in [6.45, 7) is -1.14. The van der Waals surface area contributed by atoms with E-state index in [1.165, 1.54) is 23.9 Å². The Hall–Kier alpha value is -2.83. The first-order valence-corrected chi connectivity index (χ1v) is 10.8. The van der Waals surface area contributed by atoms with Gasteiger partial charge in [-0.25, -0.2) is 4.79 Å². The van der Waals surface area contributed by atoms with Crippen LogP contribution in [0.5, 0.6) is 5.75 Å². The van der Waals surface area contributed by atoms with E-state index in [9.17, 15) is 24.3 Å². The Morgan fingerprint density at radius 3 is 2.10 bits per heavy atom. The number of amides is 3. The molecular formula is C19H28N4O7S. The number of phenolic OH excluding ortho intramolecular Hbond substituents is 1. The first-order chi connectivity index (χ1) is 14.7. The number of nitrogens with one attached hydrogen (secondary N) is 3. The van der Waals surface area contributed by atoms with E-state index in [2.05, 4.69) is 16.0 Å². The fourth-order valence-corrected chi connectivity index (χ4v) is 3.04. The van der Waals surface area contributed by atoms with E-state index in [0.29, 0.717) is 17.7 Å². The van der Waals surface area contributed by atoms with Crippen molar-refractivity contribution < 1.29 is 34.5 Å². The zero-order valence-electron chi connectivity index (χ0n) is 17.0. The standard InChI is InChI=1S/C19H28N4O7S/c1-31-7-6-13(21-16(26)9-20)17(27)22-14(8-11-2-4-12(25)5-3-11)18(28)23-15(10-24)19(29)30/h2-5,13-15,24-25H,6-10,20H2,1H3,(H,21,26)(H,22,27)(H,23,28)(H,29,30). The van der Waals surface area contributed by atoms with Crippen molar-refractivity contribution in [3.63, 3.8) is 0 Å². The van der Waals surface area contributed by atoms with Gasteiger partial charge in [0.1, 0.15) is 23.9 Å². The predicted octanol–water partition coefficient (Wildman–Crippen LogP) is -1.82. The maximum absolute atomic E-state index is 12.8. The average Bonchev–Trinajstić information content (AvgIpc) is 2.75. The van der Waals surface area contributed by atoms with Gasteiger partial charge in [-0.15, -0.1) is 0 Å². The zero-order valence-corrected chi connectivity index (χ0v) is 17.9. The number of benzene rings is 1. The molecule has 11 nitrogen and oxygen atoms in total. The lowest BCUT2D eigenvalue weighted by atomic mass is 10.0. The van der Waals surface area contributed by atoms with Crippen molar-refractivity contribution in [1.82, 2.24) is 16.0 Å². The van der Waals surface area contributed by atoms with Crippen LogP contribution in [-0.2, 0) is 25.6 Å². The first-order valence-electron chi connectivity index (χ1n) is 9.42. The van der Waals surface area contributed by atoms with Crippen LogP contribution in [-0.4, -0.2) is 82.3 Å². The van der Waals surface area contributed by atoms with Crippen molar-refractivity contribution in [3.8, 4) is 5.75 Å². The summed E-state index contributed by atoms with van der Waals surface area (Å²) in [5.41, 5.74) is 5.88. The Bertz CT molecular complexity index is 760. The number of hydrogen-bond donors (Lipinski definition) is 7. The molecule has 1 rings (SSSR count). The molecule has 0 aliphatic carbocycles. The molecule has 3 atom stereocenters. The number of carbonyl (C=O) groups is 4. The van der Waals surface area contributed by atoms with Crippen LogP contribution in [0.2, 0.25) is 0 Å². The van der Waals surface area contributed by atoms with Gasteiger partial charge in [-0.2, -0.15) is 11.8 Å². The van der Waals surface area contributed by atoms with Crippen molar-refractivity contribution in [2.24, 2.45) is 5.73 Å². The monoisotopic (exact) mass is 456 g/mol. The number of rotatable bonds is 13. The Morgan fingerprint density at radius 2 is 1.58 bits per heavy atom. The topological polar surface area (TPSA) is 191 Å². The van der Waals surface area contributed by atoms with Crippen molar-refractivity contribution in [2.45, 2.75) is 31.0 Å². The highest BCUT2D eigenvalue weighted by Crippen LogP contribution is 2.12. The van der Waals surface area contributed by atoms with Crippen LogP contribution in [0.15, 0.2) is 24.3 Å². The third kappa shape index (κ3) is 9.24. The average molecular weight is 457 g/mol. The minimum atomic E-state index is -1.55. The van der Waals surface area contributed by atoms with Crippen LogP contribution in [0.3, 0.4) is 0 Å². The van der Waals surface area contributed by atoms with E-state index < -0.39 is 48.4 Å². The van der Waals surface area contributed by atoms with Gasteiger partial charge in [-0.3, -0.25) is 14.4 Å². The Kier molecular flexibility index (Phi) is 11.4. The molecule has 3 unspecified atom stereocenters. The number of aliphatic hydroxyl groups is 1. The molecule has 0 aliphatic heterocycles. The second kappa shape index (κ2) is 13.5. The normalized spacial score (nSPS) is 13.5. The quantitative estimate of drug-likeness (QED) is 0.179. The number of carboxylic acid groups (broad SMARTS) is 1. The molecule has 0 heterocycles. The van der Waals surface area contributed by atoms with Gasteiger partial charge in [0.2, 0.25) is 17.7 Å². The highest BCUT2D eigenvalue weighted by atomic mass is 32.2. The summed E-state index contributed by atoms with van der Waals surface area (Å²) >= 11 is 1.47. The van der Waals surface area contributed by atoms with E-state index >= 15 is 0 Å². The zero-order chi connectivity index (χ0) is 23.4. The van der Waals surface area contributed by atoms with E-state index in [-0.39, 0.29) is 18.7 Å². The molecular weight excluding hydrogens is 428 g/mol. The fourth-order valence-electron chi connectivity index (χ4n) is 2.56. The number of carbonyl (C=O) groups excluding carboxylic acids is 3. The van der Waals surface area contributed by atoms with Crippen molar-refractivity contribution >= 4 is 35.5 Å². The number of aliphatic hydroxyl groups excluding tert-OH is 1. The Balaban J connectivity index is 3.04. The molecule has 0 radical (unpaired) electrons. The van der Waals surface area contributed by atoms with Crippen molar-refractivity contribution in [2.75, 3.05) is 25.2 Å². The van der Waals surface area contributed by atoms with Crippen LogP contribution in [0.1, 0.15) is 12.0 Å². The highest BCUT2D eigenvalue weighted by Gasteiger charge is 2.29. The first kappa shape index (κ1) is 26.2. The number of aromatic hydroxyl groups is 1. The van der Waals surface area contributed by atoms with E-state index in [1.807, 2.05) is 6.26 Å². The van der Waals surface area contributed by atoms with Gasteiger partial charge in [-0.05, 0) is 36.1 Å². The Labute approximate surface area is 183 Å². The summed E-state index contributed by atoms with van der Waals surface area (Å²) in [5, 5.41) is 34.9. The smallest absolute Gasteiger partial charge is 0.328 e. The lowest BCUT2D eigenvalue weighted by molar-refractivity contribution is -0.143. The number of aliphatic carboxylic acids is 1. The lowest BCUT2D eigenvalue weighted by Crippen LogP contribution is -2.57. The SMILES string of the molecule is CSCCC(NC(=O)CN)C(=O)NC(Cc1ccc(O)cc1)C(=O)NC(CO)C(=O)O. The van der Waals surface area contributed by atoms with Gasteiger partial charge < -0.3 is 37.0 Å². The van der Waals surface area contributed by atoms with Crippen molar-refractivity contribution in [1.29, 1.82) is 0 Å². The summed E-state index contributed by atoms with van der Waals surface area (Å²) in [4.78, 5) is 48.3. The Morgan fingerprint density at radius 1 is 1.00 bits per heavy atom. The minimum Gasteiger partial charge on any atom is -0.508 e. The second-order valence-electron chi connectivity index (χ2n) is 6.62. The molecule has 8 N–H and O–H groups in total. The summed E-state index contributed by atoms with van der Waals surface area (Å²) < 4.78 is 0. The largest absolute Gasteiger partial charge is 0.508 e. The predicted molar refractivity (Wildman–Crippen MR) is 114 cm³/mol. The van der Waals surface area contributed by atoms with Gasteiger partial charge in [0.05, 0.1) is 13.2 Å². The molecule has 1 aromatic carbocycles. The maximum Gasteiger partial charge on any atom is 0.328 e. The molecule has 1 aromatic rings. The summed E-state index contributed by atoms with van der Waals surface area (Å²) in [7, 11) is 0. The molecule has 0 spiro atoms. The summed E-state index contributed by atoms with van der Waals surface area (Å²) in [6, 6.07) is 2.22.